The van der Waals surface area contributed by atoms with Gasteiger partial charge in [0.15, 0.2) is 24.7 Å². The number of halogens is 1. The average molecular weight is 356 g/mol. The van der Waals surface area contributed by atoms with Crippen LogP contribution in [-0.2, 0) is 35.1 Å². The lowest BCUT2D eigenvalue weighted by molar-refractivity contribution is -0.284. The molecule has 1 fully saturated rings. The Kier molecular flexibility index (Phi) is 6.86. The van der Waals surface area contributed by atoms with E-state index in [-0.39, 0.29) is 13.2 Å². The molecule has 7 nitrogen and oxygen atoms in total. The van der Waals surface area contributed by atoms with E-state index in [1.165, 1.54) is 0 Å². The predicted molar refractivity (Wildman–Crippen MR) is 83.0 cm³/mol. The number of esters is 2. The Morgan fingerprint density at radius 2 is 1.72 bits per heavy atom. The van der Waals surface area contributed by atoms with Gasteiger partial charge in [-0.15, -0.1) is 0 Å². The van der Waals surface area contributed by atoms with E-state index in [0.717, 1.165) is 19.4 Å². The number of hydrogen-bond acceptors (Lipinski definition) is 7. The van der Waals surface area contributed by atoms with Gasteiger partial charge >= 0.3 is 11.9 Å². The largest absolute Gasteiger partial charge is 0.455 e. The molecular weight excluding hydrogens is 335 g/mol. The van der Waals surface area contributed by atoms with E-state index < -0.39 is 42.7 Å². The highest BCUT2D eigenvalue weighted by atomic mass is 19.1. The number of ether oxygens (including phenoxy) is 4. The summed E-state index contributed by atoms with van der Waals surface area (Å²) in [7, 11) is 0. The minimum absolute atomic E-state index is 0.169. The summed E-state index contributed by atoms with van der Waals surface area (Å²) in [4.78, 5) is 22.3. The first kappa shape index (κ1) is 19.3. The number of carbonyl (C=O) groups is 2. The summed E-state index contributed by atoms with van der Waals surface area (Å²) >= 11 is 0. The van der Waals surface area contributed by atoms with Crippen molar-refractivity contribution in [1.29, 1.82) is 0 Å². The van der Waals surface area contributed by atoms with E-state index in [1.807, 2.05) is 30.3 Å². The van der Waals surface area contributed by atoms with Crippen LogP contribution in [0.4, 0.5) is 4.39 Å². The van der Waals surface area contributed by atoms with Crippen LogP contribution in [0, 0.1) is 0 Å². The second kappa shape index (κ2) is 8.89. The van der Waals surface area contributed by atoms with E-state index in [2.05, 4.69) is 0 Å². The monoisotopic (exact) mass is 356 g/mol. The summed E-state index contributed by atoms with van der Waals surface area (Å²) in [6, 6.07) is 9.25. The number of benzene rings is 1. The highest BCUT2D eigenvalue weighted by molar-refractivity contribution is 5.67. The Balaban J connectivity index is 1.99. The molecule has 1 aromatic rings. The average Bonchev–Trinajstić information content (AvgIpc) is 2.55. The molecule has 5 atom stereocenters. The zero-order valence-electron chi connectivity index (χ0n) is 14.0. The fourth-order valence-corrected chi connectivity index (χ4v) is 2.53. The first-order valence-electron chi connectivity index (χ1n) is 7.82. The molecule has 138 valence electrons. The van der Waals surface area contributed by atoms with Crippen molar-refractivity contribution in [2.24, 2.45) is 0 Å². The number of rotatable bonds is 6. The van der Waals surface area contributed by atoms with Crippen LogP contribution in [0.15, 0.2) is 30.3 Å². The van der Waals surface area contributed by atoms with Crippen LogP contribution in [0.5, 0.6) is 0 Å². The van der Waals surface area contributed by atoms with Gasteiger partial charge in [-0.1, -0.05) is 30.3 Å². The van der Waals surface area contributed by atoms with Gasteiger partial charge in [0.25, 0.3) is 0 Å². The molecule has 0 amide bonds. The fourth-order valence-electron chi connectivity index (χ4n) is 2.53. The number of hydrogen-bond donors (Lipinski definition) is 1. The molecule has 0 aliphatic carbocycles. The third-order valence-corrected chi connectivity index (χ3v) is 3.59. The summed E-state index contributed by atoms with van der Waals surface area (Å²) in [5.41, 5.74) is 0.892. The van der Waals surface area contributed by atoms with Crippen molar-refractivity contribution in [2.45, 2.75) is 51.2 Å². The molecular formula is C17H21FO7. The third kappa shape index (κ3) is 5.48. The summed E-state index contributed by atoms with van der Waals surface area (Å²) in [6.07, 6.45) is -7.55. The lowest BCUT2D eigenvalue weighted by atomic mass is 10.00. The molecule has 1 saturated heterocycles. The molecule has 25 heavy (non-hydrogen) atoms. The summed E-state index contributed by atoms with van der Waals surface area (Å²) < 4.78 is 35.0. The van der Waals surface area contributed by atoms with Crippen LogP contribution < -0.4 is 0 Å². The molecule has 1 aliphatic rings. The van der Waals surface area contributed by atoms with Gasteiger partial charge < -0.3 is 24.1 Å². The van der Waals surface area contributed by atoms with E-state index in [9.17, 15) is 19.1 Å². The van der Waals surface area contributed by atoms with Crippen molar-refractivity contribution >= 4 is 11.9 Å². The Morgan fingerprint density at radius 1 is 1.12 bits per heavy atom. The summed E-state index contributed by atoms with van der Waals surface area (Å²) in [6.45, 7) is 2.26. The molecule has 0 bridgehead atoms. The van der Waals surface area contributed by atoms with Gasteiger partial charge in [0.05, 0.1) is 13.2 Å². The second-order valence-electron chi connectivity index (χ2n) is 5.66. The van der Waals surface area contributed by atoms with Crippen LogP contribution in [0.3, 0.4) is 0 Å². The van der Waals surface area contributed by atoms with Gasteiger partial charge in [-0.3, -0.25) is 9.59 Å². The van der Waals surface area contributed by atoms with Gasteiger partial charge in [-0.2, -0.15) is 0 Å². The standard InChI is InChI=1S/C17H21FO7/c1-10(19)23-15-14(18)13(25-17(21)16(15)24-11(2)20)9-22-8-12-6-4-3-5-7-12/h3-7,13-17,21H,8-9H2,1-2H3/t13-,14+,15-,16-,17+/m1/s1. The van der Waals surface area contributed by atoms with Gasteiger partial charge in [0, 0.05) is 13.8 Å². The fraction of sp³-hybridized carbons (Fsp3) is 0.529. The molecule has 2 rings (SSSR count). The topological polar surface area (TPSA) is 91.3 Å². The van der Waals surface area contributed by atoms with E-state index in [0.29, 0.717) is 0 Å². The van der Waals surface area contributed by atoms with Crippen molar-refractivity contribution in [2.75, 3.05) is 6.61 Å². The third-order valence-electron chi connectivity index (χ3n) is 3.59. The number of alkyl halides is 1. The van der Waals surface area contributed by atoms with E-state index in [4.69, 9.17) is 18.9 Å². The maximum atomic E-state index is 14.7. The van der Waals surface area contributed by atoms with Crippen molar-refractivity contribution < 1.29 is 38.0 Å². The van der Waals surface area contributed by atoms with E-state index >= 15 is 0 Å². The summed E-state index contributed by atoms with van der Waals surface area (Å²) in [5.74, 6) is -1.52. The number of carbonyl (C=O) groups excluding carboxylic acids is 2. The molecule has 0 unspecified atom stereocenters. The molecule has 1 heterocycles. The molecule has 0 aromatic heterocycles. The predicted octanol–water partition coefficient (Wildman–Crippen LogP) is 1.12. The highest BCUT2D eigenvalue weighted by Crippen LogP contribution is 2.28. The minimum Gasteiger partial charge on any atom is -0.455 e. The number of aliphatic hydroxyl groups is 1. The molecule has 8 heteroatoms. The van der Waals surface area contributed by atoms with Crippen molar-refractivity contribution in [3.05, 3.63) is 35.9 Å². The Labute approximate surface area is 144 Å². The van der Waals surface area contributed by atoms with Crippen LogP contribution in [0.2, 0.25) is 0 Å². The highest BCUT2D eigenvalue weighted by Gasteiger charge is 2.50. The lowest BCUT2D eigenvalue weighted by Gasteiger charge is -2.40. The Morgan fingerprint density at radius 3 is 2.32 bits per heavy atom. The molecule has 1 aromatic carbocycles. The van der Waals surface area contributed by atoms with E-state index in [1.54, 1.807) is 0 Å². The van der Waals surface area contributed by atoms with Crippen molar-refractivity contribution in [3.63, 3.8) is 0 Å². The zero-order valence-corrected chi connectivity index (χ0v) is 14.0. The zero-order chi connectivity index (χ0) is 18.4. The number of aliphatic hydroxyl groups excluding tert-OH is 1. The van der Waals surface area contributed by atoms with Gasteiger partial charge in [0.1, 0.15) is 6.10 Å². The maximum absolute atomic E-state index is 14.7. The smallest absolute Gasteiger partial charge is 0.303 e. The molecule has 1 aliphatic heterocycles. The lowest BCUT2D eigenvalue weighted by Crippen LogP contribution is -2.59. The minimum atomic E-state index is -1.83. The first-order valence-corrected chi connectivity index (χ1v) is 7.82. The van der Waals surface area contributed by atoms with Crippen LogP contribution in [0.1, 0.15) is 19.4 Å². The van der Waals surface area contributed by atoms with Gasteiger partial charge in [-0.05, 0) is 5.56 Å². The Bertz CT molecular complexity index is 580. The second-order valence-corrected chi connectivity index (χ2v) is 5.66. The van der Waals surface area contributed by atoms with Crippen LogP contribution in [0.25, 0.3) is 0 Å². The van der Waals surface area contributed by atoms with Crippen LogP contribution in [-0.4, -0.2) is 54.4 Å². The molecule has 0 saturated carbocycles. The van der Waals surface area contributed by atoms with Crippen molar-refractivity contribution in [3.8, 4) is 0 Å². The SMILES string of the molecule is CC(=O)O[C@@H]1[C@@H](F)[C@@H](COCc2ccccc2)O[C@H](O)[C@@H]1OC(C)=O. The summed E-state index contributed by atoms with van der Waals surface area (Å²) in [5, 5.41) is 9.99. The maximum Gasteiger partial charge on any atom is 0.303 e. The van der Waals surface area contributed by atoms with Gasteiger partial charge in [0.2, 0.25) is 0 Å². The Hall–Kier alpha value is -2.03. The quantitative estimate of drug-likeness (QED) is 0.764. The van der Waals surface area contributed by atoms with Crippen LogP contribution >= 0.6 is 0 Å². The first-order chi connectivity index (χ1) is 11.9. The van der Waals surface area contributed by atoms with Gasteiger partial charge in [-0.25, -0.2) is 4.39 Å². The normalized spacial score (nSPS) is 29.0. The molecule has 1 N–H and O–H groups in total. The molecule has 0 spiro atoms. The van der Waals surface area contributed by atoms with Crippen molar-refractivity contribution in [1.82, 2.24) is 0 Å². The molecule has 0 radical (unpaired) electrons.